The topological polar surface area (TPSA) is 466 Å². The molecule has 0 aromatic heterocycles. The minimum atomic E-state index is -2.10. The predicted octanol–water partition coefficient (Wildman–Crippen LogP) is -5.90. The number of aliphatic hydroxyl groups excluding tert-OH is 8. The van der Waals surface area contributed by atoms with Gasteiger partial charge in [-0.2, -0.15) is 0 Å². The van der Waals surface area contributed by atoms with Crippen molar-refractivity contribution in [2.45, 2.75) is 222 Å². The Hall–Kier alpha value is -3.53. The van der Waals surface area contributed by atoms with Crippen LogP contribution in [0.5, 0.6) is 0 Å². The molecule has 0 radical (unpaired) electrons. The molecule has 0 saturated carbocycles. The fourth-order valence-corrected chi connectivity index (χ4v) is 14.7. The van der Waals surface area contributed by atoms with Gasteiger partial charge in [0.25, 0.3) is 11.8 Å². The Labute approximate surface area is 600 Å². The maximum atomic E-state index is 14.2. The Morgan fingerprint density at radius 2 is 0.654 bits per heavy atom. The molecular formula is C65H103NO38. The van der Waals surface area contributed by atoms with E-state index in [1.807, 2.05) is 0 Å². The predicted molar refractivity (Wildman–Crippen MR) is 338 cm³/mol. The molecule has 39 nitrogen and oxygen atoms in total. The summed E-state index contributed by atoms with van der Waals surface area (Å²) in [7, 11) is 18.1. The van der Waals surface area contributed by atoms with E-state index < -0.39 is 259 Å². The molecule has 8 N–H and O–H groups in total. The molecular weight excluding hydrogens is 1400 g/mol. The molecule has 2 amide bonds. The normalized spacial score (nSPS) is 43.6. The number of ether oxygens (including phenoxy) is 27. The Bertz CT molecular complexity index is 2770. The first-order chi connectivity index (χ1) is 50.1. The molecule has 9 rings (SSSR count). The van der Waals surface area contributed by atoms with E-state index in [-0.39, 0.29) is 30.9 Å². The minimum Gasteiger partial charge on any atom is -0.463 e. The van der Waals surface area contributed by atoms with Crippen molar-refractivity contribution in [3.05, 3.63) is 35.4 Å². The van der Waals surface area contributed by atoms with E-state index in [1.54, 1.807) is 12.1 Å². The summed E-state index contributed by atoms with van der Waals surface area (Å²) in [5.74, 6) is -2.24. The number of benzene rings is 1. The summed E-state index contributed by atoms with van der Waals surface area (Å²) in [6.45, 7) is -2.06. The van der Waals surface area contributed by atoms with Gasteiger partial charge in [0, 0.05) is 99.4 Å². The van der Waals surface area contributed by atoms with Crippen LogP contribution in [-0.4, -0.2) is 417 Å². The standard InChI is InChI=1S/C65H103NO38/c1-26(69)91-25-35-41(99-60-39(73)37(71)36(70)30(20-67)94-60)38(72)40(74)61(95-35)100-42-29(19-66-57(75)27-17-15-16-18-28(27)58(66)76)93-62(53(87-11)48(42)82-6)102-44-32(22-78-2)97-64(55(89-13)49(44)83-7)104-46-34(24-80-4)98-65(56(90-14)51(46)85-9)103-45-33(23-79-3)96-63(54(88-12)50(45)84-8)101-43-31(21-68)92-59(77)52(86-10)47(43)81-5/h15-18,29-56,59-65,67-68,70-74,77H,19-25H2,1-14H3/t29?,30-,31?,32?,33-,34-,35-,36+,37?,38?,39?,40?,41+,42+,43+,44+,45+,46+,47-,48-,49-,50?,51?,52?,53?,54?,55?,56?,59+,60+,61-,62+,63-,64-,65-/m0/s1. The van der Waals surface area contributed by atoms with Crippen molar-refractivity contribution in [2.75, 3.05) is 139 Å². The summed E-state index contributed by atoms with van der Waals surface area (Å²) in [6, 6.07) is 6.11. The van der Waals surface area contributed by atoms with Crippen LogP contribution in [0.15, 0.2) is 24.3 Å². The van der Waals surface area contributed by atoms with Gasteiger partial charge in [0.2, 0.25) is 0 Å². The van der Waals surface area contributed by atoms with Gasteiger partial charge in [-0.3, -0.25) is 19.3 Å². The molecule has 7 saturated heterocycles. The van der Waals surface area contributed by atoms with Gasteiger partial charge >= 0.3 is 5.97 Å². The number of aliphatic hydroxyl groups is 8. The lowest BCUT2D eigenvalue weighted by Gasteiger charge is -2.52. The summed E-state index contributed by atoms with van der Waals surface area (Å²) < 4.78 is 167. The second kappa shape index (κ2) is 38.9. The molecule has 8 aliphatic heterocycles. The number of fused-ring (bicyclic) bond motifs is 1. The Kier molecular flexibility index (Phi) is 31.6. The molecule has 8 aliphatic rings. The van der Waals surface area contributed by atoms with Crippen LogP contribution in [0, 0.1) is 0 Å². The molecule has 8 heterocycles. The molecule has 1 aromatic rings. The van der Waals surface area contributed by atoms with E-state index in [4.69, 9.17) is 128 Å². The van der Waals surface area contributed by atoms with E-state index in [1.165, 1.54) is 105 Å². The van der Waals surface area contributed by atoms with Crippen LogP contribution < -0.4 is 0 Å². The van der Waals surface area contributed by atoms with E-state index in [2.05, 4.69) is 0 Å². The number of carbonyl (C=O) groups is 3. The van der Waals surface area contributed by atoms with E-state index in [0.29, 0.717) is 0 Å². The molecule has 596 valence electrons. The molecule has 35 atom stereocenters. The van der Waals surface area contributed by atoms with Gasteiger partial charge in [-0.25, -0.2) is 0 Å². The number of imide groups is 1. The smallest absolute Gasteiger partial charge is 0.302 e. The van der Waals surface area contributed by atoms with Crippen molar-refractivity contribution in [1.82, 2.24) is 4.90 Å². The quantitative estimate of drug-likeness (QED) is 0.0235. The lowest BCUT2D eigenvalue weighted by atomic mass is 9.94. The monoisotopic (exact) mass is 1510 g/mol. The number of carbonyl (C=O) groups excluding carboxylic acids is 3. The summed E-state index contributed by atoms with van der Waals surface area (Å²) in [4.78, 5) is 41.6. The van der Waals surface area contributed by atoms with Crippen molar-refractivity contribution in [3.8, 4) is 0 Å². The molecule has 0 spiro atoms. The van der Waals surface area contributed by atoms with Crippen molar-refractivity contribution in [1.29, 1.82) is 0 Å². The van der Waals surface area contributed by atoms with E-state index in [9.17, 15) is 55.2 Å². The molecule has 39 heteroatoms. The van der Waals surface area contributed by atoms with Crippen molar-refractivity contribution >= 4 is 17.8 Å². The largest absolute Gasteiger partial charge is 0.463 e. The Morgan fingerprint density at radius 3 is 1.02 bits per heavy atom. The SMILES string of the molecule is COCC1O[C@@H](O[C@H]2C(OC)C(OC)[C@H](O[C@H]3C(OC)C(OC)[C@H](O[C@@H]4C(CO)O[C@@H](O)C(OC)[C@H]4OC)O[C@H]3COC)O[C@H]2COC)C(OC)[C@@H](OC)[C@@H]1O[C@H]1OC(CN2C(=O)c3ccccc3C2=O)[C@@H](O[C@@H]2O[C@@H](COC(C)=O)[C@@H](O[C@H]3O[C@@H](CO)[C@@H](O)C(O)C3O)C(O)C2O)[C@H](OC)C1OC. The highest BCUT2D eigenvalue weighted by atomic mass is 16.8. The van der Waals surface area contributed by atoms with Gasteiger partial charge in [0.05, 0.1) is 50.7 Å². The van der Waals surface area contributed by atoms with Crippen molar-refractivity contribution in [3.63, 3.8) is 0 Å². The van der Waals surface area contributed by atoms with Crippen LogP contribution in [0.25, 0.3) is 0 Å². The third-order valence-corrected chi connectivity index (χ3v) is 19.8. The molecule has 1 aromatic carbocycles. The zero-order valence-corrected chi connectivity index (χ0v) is 60.2. The van der Waals surface area contributed by atoms with Gasteiger partial charge in [-0.15, -0.1) is 0 Å². The molecule has 7 fully saturated rings. The summed E-state index contributed by atoms with van der Waals surface area (Å²) >= 11 is 0. The lowest BCUT2D eigenvalue weighted by Crippen LogP contribution is -2.69. The number of hydrogen-bond acceptors (Lipinski definition) is 38. The van der Waals surface area contributed by atoms with Crippen LogP contribution in [0.1, 0.15) is 27.6 Å². The number of nitrogens with zero attached hydrogens (tertiary/aromatic N) is 1. The van der Waals surface area contributed by atoms with Crippen molar-refractivity contribution < 1.29 is 183 Å². The van der Waals surface area contributed by atoms with Gasteiger partial charge in [-0.1, -0.05) is 12.1 Å². The maximum Gasteiger partial charge on any atom is 0.302 e. The Morgan fingerprint density at radius 1 is 0.346 bits per heavy atom. The lowest BCUT2D eigenvalue weighted by molar-refractivity contribution is -0.402. The number of amides is 2. The molecule has 0 bridgehead atoms. The summed E-state index contributed by atoms with van der Waals surface area (Å²) in [5.41, 5.74) is 0.161. The minimum absolute atomic E-state index is 0.0805. The van der Waals surface area contributed by atoms with Gasteiger partial charge in [0.1, 0.15) is 178 Å². The summed E-state index contributed by atoms with van der Waals surface area (Å²) in [5, 5.41) is 86.8. The van der Waals surface area contributed by atoms with Gasteiger partial charge < -0.3 is 169 Å². The van der Waals surface area contributed by atoms with Crippen LogP contribution >= 0.6 is 0 Å². The first kappa shape index (κ1) is 84.5. The van der Waals surface area contributed by atoms with Crippen molar-refractivity contribution in [2.24, 2.45) is 0 Å². The van der Waals surface area contributed by atoms with Gasteiger partial charge in [-0.05, 0) is 12.1 Å². The average Bonchev–Trinajstić information content (AvgIpc) is 1.06. The first-order valence-electron chi connectivity index (χ1n) is 33.7. The van der Waals surface area contributed by atoms with E-state index in [0.717, 1.165) is 11.8 Å². The fraction of sp³-hybridized carbons (Fsp3) is 0.862. The van der Waals surface area contributed by atoms with Crippen LogP contribution in [0.4, 0.5) is 0 Å². The second-order valence-electron chi connectivity index (χ2n) is 25.7. The molecule has 0 aliphatic carbocycles. The highest BCUT2D eigenvalue weighted by Gasteiger charge is 2.61. The van der Waals surface area contributed by atoms with E-state index >= 15 is 0 Å². The third kappa shape index (κ3) is 17.8. The van der Waals surface area contributed by atoms with Crippen LogP contribution in [0.3, 0.4) is 0 Å². The Balaban J connectivity index is 0.970. The first-order valence-corrected chi connectivity index (χ1v) is 33.7. The maximum absolute atomic E-state index is 14.2. The highest BCUT2D eigenvalue weighted by molar-refractivity contribution is 6.21. The average molecular weight is 1510 g/mol. The number of esters is 1. The van der Waals surface area contributed by atoms with Crippen LogP contribution in [0.2, 0.25) is 0 Å². The number of rotatable bonds is 34. The van der Waals surface area contributed by atoms with Gasteiger partial charge in [0.15, 0.2) is 44.0 Å². The van der Waals surface area contributed by atoms with Crippen LogP contribution in [-0.2, 0) is 133 Å². The number of hydrogen-bond donors (Lipinski definition) is 8. The zero-order valence-electron chi connectivity index (χ0n) is 60.2. The highest BCUT2D eigenvalue weighted by Crippen LogP contribution is 2.42. The number of methoxy groups -OCH3 is 13. The second-order valence-corrected chi connectivity index (χ2v) is 25.7. The third-order valence-electron chi connectivity index (χ3n) is 19.8. The summed E-state index contributed by atoms with van der Waals surface area (Å²) in [6.07, 6.45) is -48.7. The zero-order chi connectivity index (χ0) is 75.5. The molecule has 14 unspecified atom stereocenters. The molecule has 104 heavy (non-hydrogen) atoms. The fourth-order valence-electron chi connectivity index (χ4n) is 14.7.